The minimum atomic E-state index is -1.68. The average molecular weight is 474 g/mol. The summed E-state index contributed by atoms with van der Waals surface area (Å²) in [6.45, 7) is 0.769. The molecule has 0 aliphatic carbocycles. The molecule has 5 atom stereocenters. The van der Waals surface area contributed by atoms with E-state index < -0.39 is 54.5 Å². The first-order valence-electron chi connectivity index (χ1n) is 10.2. The van der Waals surface area contributed by atoms with Crippen molar-refractivity contribution in [3.63, 3.8) is 0 Å². The van der Waals surface area contributed by atoms with Gasteiger partial charge >= 0.3 is 5.97 Å². The predicted molar refractivity (Wildman–Crippen MR) is 115 cm³/mol. The molecule has 0 amide bonds. The summed E-state index contributed by atoms with van der Waals surface area (Å²) >= 11 is 0. The van der Waals surface area contributed by atoms with Gasteiger partial charge in [-0.25, -0.2) is 0 Å². The molecule has 1 aliphatic heterocycles. The average Bonchev–Trinajstić information content (AvgIpc) is 2.79. The molecule has 0 spiro atoms. The second-order valence-electron chi connectivity index (χ2n) is 7.78. The predicted octanol–water partition coefficient (Wildman–Crippen LogP) is 0.621. The van der Waals surface area contributed by atoms with Crippen LogP contribution in [0.4, 0.5) is 0 Å². The highest BCUT2D eigenvalue weighted by Crippen LogP contribution is 2.32. The molecule has 1 saturated heterocycles. The van der Waals surface area contributed by atoms with Gasteiger partial charge in [0.15, 0.2) is 0 Å². The fourth-order valence-electron chi connectivity index (χ4n) is 3.60. The Morgan fingerprint density at radius 3 is 2.41 bits per heavy atom. The van der Waals surface area contributed by atoms with E-state index in [-0.39, 0.29) is 28.0 Å². The second kappa shape index (κ2) is 9.31. The molecule has 0 saturated carbocycles. The first kappa shape index (κ1) is 23.5. The Hall–Kier alpha value is -3.64. The lowest BCUT2D eigenvalue weighted by molar-refractivity contribution is -0.278. The van der Waals surface area contributed by atoms with Crippen LogP contribution in [0.1, 0.15) is 6.92 Å². The number of esters is 1. The van der Waals surface area contributed by atoms with Crippen LogP contribution in [0.3, 0.4) is 0 Å². The van der Waals surface area contributed by atoms with E-state index in [0.29, 0.717) is 5.56 Å². The van der Waals surface area contributed by atoms with Crippen molar-refractivity contribution >= 4 is 16.9 Å². The van der Waals surface area contributed by atoms with Crippen molar-refractivity contribution in [3.8, 4) is 28.4 Å². The largest absolute Gasteiger partial charge is 0.508 e. The summed E-state index contributed by atoms with van der Waals surface area (Å²) in [4.78, 5) is 24.0. The number of phenolic OH excluding ortho intramolecular Hbond substituents is 2. The summed E-state index contributed by atoms with van der Waals surface area (Å²) in [5, 5.41) is 50.3. The van der Waals surface area contributed by atoms with Crippen molar-refractivity contribution in [3.05, 3.63) is 52.9 Å². The van der Waals surface area contributed by atoms with E-state index in [1.54, 1.807) is 0 Å². The van der Waals surface area contributed by atoms with Crippen LogP contribution < -0.4 is 10.2 Å². The van der Waals surface area contributed by atoms with Crippen LogP contribution in [0.25, 0.3) is 22.1 Å². The van der Waals surface area contributed by atoms with Gasteiger partial charge in [-0.1, -0.05) is 12.1 Å². The summed E-state index contributed by atoms with van der Waals surface area (Å²) < 4.78 is 21.3. The number of hydrogen-bond donors (Lipinski definition) is 5. The number of ether oxygens (including phenoxy) is 3. The molecule has 2 heterocycles. The third kappa shape index (κ3) is 4.54. The number of benzene rings is 2. The minimum Gasteiger partial charge on any atom is -0.508 e. The molecular formula is C23H22O11. The van der Waals surface area contributed by atoms with E-state index in [1.807, 2.05) is 0 Å². The van der Waals surface area contributed by atoms with Gasteiger partial charge in [0.25, 0.3) is 0 Å². The number of carbonyl (C=O) groups excluding carboxylic acids is 1. The third-order valence-electron chi connectivity index (χ3n) is 5.38. The molecule has 5 N–H and O–H groups in total. The molecule has 1 aliphatic rings. The Kier molecular flexibility index (Phi) is 6.44. The van der Waals surface area contributed by atoms with Crippen molar-refractivity contribution in [1.29, 1.82) is 0 Å². The molecule has 3 aromatic rings. The van der Waals surface area contributed by atoms with Crippen molar-refractivity contribution in [2.75, 3.05) is 6.61 Å². The van der Waals surface area contributed by atoms with Gasteiger partial charge in [0, 0.05) is 19.1 Å². The lowest BCUT2D eigenvalue weighted by atomic mass is 9.99. The van der Waals surface area contributed by atoms with Gasteiger partial charge in [0.2, 0.25) is 11.7 Å². The Labute approximate surface area is 192 Å². The van der Waals surface area contributed by atoms with Crippen LogP contribution in [0.2, 0.25) is 0 Å². The number of aromatic hydroxyl groups is 2. The maximum Gasteiger partial charge on any atom is 0.302 e. The standard InChI is InChI=1S/C23H22O11/c1-10(24)31-9-17-20(28)21(29)22(30)23(34-17)33-13-6-15(26)18-16(7-13)32-8-14(19(18)27)11-2-4-12(25)5-3-11/h2-8,17,20-23,25-26,28-30H,9H2,1H3. The molecule has 34 heavy (non-hydrogen) atoms. The highest BCUT2D eigenvalue weighted by molar-refractivity contribution is 5.88. The number of carbonyl (C=O) groups is 1. The highest BCUT2D eigenvalue weighted by atomic mass is 16.7. The number of aliphatic hydroxyl groups excluding tert-OH is 3. The van der Waals surface area contributed by atoms with Crippen LogP contribution >= 0.6 is 0 Å². The second-order valence-corrected chi connectivity index (χ2v) is 7.78. The fourth-order valence-corrected chi connectivity index (χ4v) is 3.60. The molecule has 0 radical (unpaired) electrons. The van der Waals surface area contributed by atoms with E-state index in [9.17, 15) is 35.1 Å². The first-order valence-corrected chi connectivity index (χ1v) is 10.2. The molecule has 11 nitrogen and oxygen atoms in total. The number of aliphatic hydroxyl groups is 3. The number of fused-ring (bicyclic) bond motifs is 1. The number of phenols is 2. The Morgan fingerprint density at radius 1 is 1.03 bits per heavy atom. The SMILES string of the molecule is CC(=O)OCC1OC(Oc2cc(O)c3c(=O)c(-c4ccc(O)cc4)coc3c2)C(O)C(O)C1O. The molecule has 4 rings (SSSR count). The Bertz CT molecular complexity index is 1250. The monoisotopic (exact) mass is 474 g/mol. The molecule has 2 aromatic carbocycles. The zero-order chi connectivity index (χ0) is 24.6. The lowest BCUT2D eigenvalue weighted by Crippen LogP contribution is -2.60. The van der Waals surface area contributed by atoms with Crippen LogP contribution in [0, 0.1) is 0 Å². The van der Waals surface area contributed by atoms with Gasteiger partial charge < -0.3 is 44.2 Å². The van der Waals surface area contributed by atoms with Gasteiger partial charge in [-0.3, -0.25) is 9.59 Å². The molecule has 1 fully saturated rings. The van der Waals surface area contributed by atoms with Gasteiger partial charge in [-0.05, 0) is 17.7 Å². The molecular weight excluding hydrogens is 452 g/mol. The maximum absolute atomic E-state index is 12.9. The zero-order valence-corrected chi connectivity index (χ0v) is 17.8. The van der Waals surface area contributed by atoms with Gasteiger partial charge in [-0.2, -0.15) is 0 Å². The fraction of sp³-hybridized carbons (Fsp3) is 0.304. The molecule has 5 unspecified atom stereocenters. The molecule has 11 heteroatoms. The Balaban J connectivity index is 1.62. The van der Waals surface area contributed by atoms with Crippen LogP contribution in [-0.2, 0) is 14.3 Å². The quantitative estimate of drug-likeness (QED) is 0.328. The minimum absolute atomic E-state index is 0.0233. The van der Waals surface area contributed by atoms with Crippen molar-refractivity contribution < 1.29 is 49.0 Å². The zero-order valence-electron chi connectivity index (χ0n) is 17.8. The number of rotatable bonds is 5. The summed E-state index contributed by atoms with van der Waals surface area (Å²) in [5.41, 5.74) is 0.0843. The van der Waals surface area contributed by atoms with E-state index in [1.165, 1.54) is 36.6 Å². The van der Waals surface area contributed by atoms with E-state index in [4.69, 9.17) is 18.6 Å². The van der Waals surface area contributed by atoms with Crippen molar-refractivity contribution in [2.45, 2.75) is 37.6 Å². The normalized spacial score (nSPS) is 24.6. The maximum atomic E-state index is 12.9. The molecule has 1 aromatic heterocycles. The smallest absolute Gasteiger partial charge is 0.302 e. The highest BCUT2D eigenvalue weighted by Gasteiger charge is 2.45. The Morgan fingerprint density at radius 2 is 1.74 bits per heavy atom. The van der Waals surface area contributed by atoms with Gasteiger partial charge in [-0.15, -0.1) is 0 Å². The topological polar surface area (TPSA) is 176 Å². The summed E-state index contributed by atoms with van der Waals surface area (Å²) in [6, 6.07) is 8.25. The van der Waals surface area contributed by atoms with E-state index >= 15 is 0 Å². The van der Waals surface area contributed by atoms with Crippen molar-refractivity contribution in [1.82, 2.24) is 0 Å². The van der Waals surface area contributed by atoms with Gasteiger partial charge in [0.1, 0.15) is 65.5 Å². The molecule has 180 valence electrons. The van der Waals surface area contributed by atoms with E-state index in [2.05, 4.69) is 0 Å². The van der Waals surface area contributed by atoms with Gasteiger partial charge in [0.05, 0.1) is 5.56 Å². The van der Waals surface area contributed by atoms with E-state index in [0.717, 1.165) is 13.0 Å². The summed E-state index contributed by atoms with van der Waals surface area (Å²) in [7, 11) is 0. The summed E-state index contributed by atoms with van der Waals surface area (Å²) in [6.07, 6.45) is -6.38. The van der Waals surface area contributed by atoms with Crippen LogP contribution in [0.15, 0.2) is 51.9 Å². The third-order valence-corrected chi connectivity index (χ3v) is 5.38. The van der Waals surface area contributed by atoms with Crippen LogP contribution in [-0.4, -0.2) is 68.8 Å². The molecule has 0 bridgehead atoms. The summed E-state index contributed by atoms with van der Waals surface area (Å²) in [5.74, 6) is -1.14. The first-order chi connectivity index (χ1) is 16.2. The van der Waals surface area contributed by atoms with Crippen LogP contribution in [0.5, 0.6) is 17.2 Å². The number of hydrogen-bond acceptors (Lipinski definition) is 11. The van der Waals surface area contributed by atoms with Crippen molar-refractivity contribution in [2.24, 2.45) is 0 Å². The lowest BCUT2D eigenvalue weighted by Gasteiger charge is -2.39.